The standard InChI is InChI=1S/2C46H24N4/c1-25-15-27(22-47)7-11-31(25)38-19-44-40(34-14-10-30(50-3)17-37(34)38)18-39(32-12-8-28(23-48)16-26(32)2)43-21-42-36-13-9-29(24-49)33-5-4-6-35(46(33)36)41(42)20-45(43)44;1-25-15-27(22-47)7-11-31(25)38-19-44-40(34-14-10-30(50-3)17-37(34)38)18-39(32-12-8-28(23-48)16-26(32)2)43-20-41-35-6-4-5-33-29(24-49)9-13-36(46(33)35)42(41)21-45(43)44/h2*4-21H,1-2H3. The molecular weight excluding hydrogens is 1220 g/mol. The maximum atomic E-state index is 9.94. The fourth-order valence-electron chi connectivity index (χ4n) is 16.1. The number of aryl methyl sites for hydroxylation is 4. The largest absolute Gasteiger partial charge is 0.238 e. The van der Waals surface area contributed by atoms with E-state index >= 15 is 0 Å². The molecule has 16 aromatic carbocycles. The topological polar surface area (TPSA) is 151 Å². The fourth-order valence-corrected chi connectivity index (χ4v) is 16.1. The van der Waals surface area contributed by atoms with Crippen LogP contribution in [0.15, 0.2) is 218 Å². The molecule has 0 unspecified atom stereocenters. The van der Waals surface area contributed by atoms with E-state index in [1.54, 1.807) is 0 Å². The summed E-state index contributed by atoms with van der Waals surface area (Å²) in [4.78, 5) is 7.56. The predicted molar refractivity (Wildman–Crippen MR) is 403 cm³/mol. The van der Waals surface area contributed by atoms with Gasteiger partial charge in [-0.15, -0.1) is 0 Å². The molecule has 0 fully saturated rings. The summed E-state index contributed by atoms with van der Waals surface area (Å²) >= 11 is 0. The van der Waals surface area contributed by atoms with Crippen molar-refractivity contribution < 1.29 is 0 Å². The maximum Gasteiger partial charge on any atom is 0.187 e. The summed E-state index contributed by atoms with van der Waals surface area (Å²) in [6, 6.07) is 87.6. The molecule has 0 N–H and O–H groups in total. The van der Waals surface area contributed by atoms with Crippen LogP contribution >= 0.6 is 0 Å². The molecule has 456 valence electrons. The molecule has 18 rings (SSSR count). The van der Waals surface area contributed by atoms with Crippen LogP contribution in [0.2, 0.25) is 0 Å². The van der Waals surface area contributed by atoms with E-state index in [9.17, 15) is 31.6 Å². The zero-order chi connectivity index (χ0) is 68.5. The van der Waals surface area contributed by atoms with Crippen LogP contribution in [0.5, 0.6) is 0 Å². The number of fused-ring (bicyclic) bond motifs is 16. The average molecular weight is 1270 g/mol. The summed E-state index contributed by atoms with van der Waals surface area (Å²) in [7, 11) is 0. The molecule has 0 amide bonds. The van der Waals surface area contributed by atoms with Crippen molar-refractivity contribution in [2.24, 2.45) is 0 Å². The SMILES string of the molecule is [C-]#[N+]c1ccc2c(c1)c(-c1ccc(C#N)cc1C)cc1c3cc4c(cc3c(-c3ccc(C#N)cc3C)cc21)-c1ccc(C#N)c2cccc-4c12.[C-]#[N+]c1ccc2c(c1)c(-c1ccc(C#N)cc1C)cc1c3cc4c(cc3c(-c3ccc(C#N)cc3C)cc21)-c1cccc2c(C#N)ccc-4c12. The molecule has 0 radical (unpaired) electrons. The highest BCUT2D eigenvalue weighted by molar-refractivity contribution is 6.30. The molecule has 0 bridgehead atoms. The van der Waals surface area contributed by atoms with Gasteiger partial charge in [-0.2, -0.15) is 31.6 Å². The quantitative estimate of drug-likeness (QED) is 0.126. The Hall–Kier alpha value is -14.5. The molecule has 16 aromatic rings. The Morgan fingerprint density at radius 3 is 0.790 bits per heavy atom. The van der Waals surface area contributed by atoms with Gasteiger partial charge in [-0.05, 0) is 336 Å². The van der Waals surface area contributed by atoms with E-state index in [2.05, 4.69) is 145 Å². The van der Waals surface area contributed by atoms with E-state index in [1.165, 1.54) is 0 Å². The highest BCUT2D eigenvalue weighted by Gasteiger charge is 2.29. The zero-order valence-corrected chi connectivity index (χ0v) is 54.4. The van der Waals surface area contributed by atoms with E-state index in [4.69, 9.17) is 13.1 Å². The van der Waals surface area contributed by atoms with Gasteiger partial charge in [0.1, 0.15) is 0 Å². The van der Waals surface area contributed by atoms with Gasteiger partial charge in [-0.25, -0.2) is 9.69 Å². The lowest BCUT2D eigenvalue weighted by Crippen LogP contribution is -1.93. The molecule has 100 heavy (non-hydrogen) atoms. The molecule has 8 nitrogen and oxygen atoms in total. The summed E-state index contributed by atoms with van der Waals surface area (Å²) in [5.74, 6) is 0. The monoisotopic (exact) mass is 1260 g/mol. The lowest BCUT2D eigenvalue weighted by molar-refractivity contribution is 1.42. The van der Waals surface area contributed by atoms with Crippen LogP contribution in [0.4, 0.5) is 11.4 Å². The number of hydrogen-bond donors (Lipinski definition) is 0. The average Bonchev–Trinajstić information content (AvgIpc) is 1.14. The molecule has 0 saturated carbocycles. The van der Waals surface area contributed by atoms with Crippen molar-refractivity contribution in [2.75, 3.05) is 0 Å². The highest BCUT2D eigenvalue weighted by Crippen LogP contribution is 2.55. The van der Waals surface area contributed by atoms with Gasteiger partial charge in [0.25, 0.3) is 0 Å². The second-order valence-corrected chi connectivity index (χ2v) is 26.0. The summed E-state index contributed by atoms with van der Waals surface area (Å²) in [6.07, 6.45) is 0. The number of benzene rings is 16. The van der Waals surface area contributed by atoms with Gasteiger partial charge in [0.05, 0.1) is 82.9 Å². The van der Waals surface area contributed by atoms with E-state index in [-0.39, 0.29) is 0 Å². The van der Waals surface area contributed by atoms with Crippen molar-refractivity contribution in [3.05, 3.63) is 297 Å². The molecule has 8 heteroatoms. The van der Waals surface area contributed by atoms with Crippen molar-refractivity contribution in [1.29, 1.82) is 31.6 Å². The third kappa shape index (κ3) is 8.85. The van der Waals surface area contributed by atoms with Crippen molar-refractivity contribution in [3.8, 4) is 125 Å². The van der Waals surface area contributed by atoms with Crippen LogP contribution in [0.1, 0.15) is 55.6 Å². The molecule has 0 spiro atoms. The van der Waals surface area contributed by atoms with Gasteiger partial charge in [-0.3, -0.25) is 0 Å². The van der Waals surface area contributed by atoms with Crippen LogP contribution in [0, 0.1) is 109 Å². The first kappa shape index (κ1) is 59.3. The third-order valence-electron chi connectivity index (χ3n) is 20.7. The van der Waals surface area contributed by atoms with Gasteiger partial charge in [-0.1, -0.05) is 97.1 Å². The fraction of sp³-hybridized carbons (Fsp3) is 0.0435. The van der Waals surface area contributed by atoms with Gasteiger partial charge in [0, 0.05) is 10.8 Å². The van der Waals surface area contributed by atoms with Crippen LogP contribution in [0.3, 0.4) is 0 Å². The molecule has 2 aliphatic carbocycles. The first-order valence-electron chi connectivity index (χ1n) is 32.6. The van der Waals surface area contributed by atoms with Gasteiger partial charge in [0.15, 0.2) is 11.4 Å². The van der Waals surface area contributed by atoms with Crippen LogP contribution in [-0.2, 0) is 0 Å². The number of rotatable bonds is 4. The minimum Gasteiger partial charge on any atom is -0.238 e. The Morgan fingerprint density at radius 2 is 0.490 bits per heavy atom. The summed E-state index contributed by atoms with van der Waals surface area (Å²) in [5.41, 5.74) is 26.2. The van der Waals surface area contributed by atoms with E-state index in [1.807, 2.05) is 147 Å². The molecule has 0 saturated heterocycles. The number of hydrogen-bond acceptors (Lipinski definition) is 6. The number of nitrogens with zero attached hydrogens (tertiary/aromatic N) is 8. The molecule has 0 aliphatic heterocycles. The van der Waals surface area contributed by atoms with Crippen molar-refractivity contribution in [1.82, 2.24) is 0 Å². The Labute approximate surface area is 575 Å². The van der Waals surface area contributed by atoms with Crippen molar-refractivity contribution >= 4 is 97.6 Å². The second-order valence-electron chi connectivity index (χ2n) is 26.0. The zero-order valence-electron chi connectivity index (χ0n) is 54.4. The highest BCUT2D eigenvalue weighted by atomic mass is 14.6. The van der Waals surface area contributed by atoms with E-state index in [0.29, 0.717) is 44.8 Å². The lowest BCUT2D eigenvalue weighted by Gasteiger charge is -2.19. The van der Waals surface area contributed by atoms with E-state index < -0.39 is 0 Å². The molecule has 0 heterocycles. The summed E-state index contributed by atoms with van der Waals surface area (Å²) in [5, 5.41) is 75.2. The Balaban J connectivity index is 0.000000150. The third-order valence-corrected chi connectivity index (χ3v) is 20.7. The van der Waals surface area contributed by atoms with Gasteiger partial charge < -0.3 is 0 Å². The van der Waals surface area contributed by atoms with Gasteiger partial charge in [0.2, 0.25) is 0 Å². The Kier molecular flexibility index (Phi) is 13.4. The minimum atomic E-state index is 0.564. The first-order chi connectivity index (χ1) is 48.8. The Bertz CT molecular complexity index is 6560. The first-order valence-corrected chi connectivity index (χ1v) is 32.6. The minimum absolute atomic E-state index is 0.564. The normalized spacial score (nSPS) is 11.3. The maximum absolute atomic E-state index is 9.94. The predicted octanol–water partition coefficient (Wildman–Crippen LogP) is 24.1. The molecular formula is C92H48N8. The molecule has 0 atom stereocenters. The Morgan fingerprint density at radius 1 is 0.220 bits per heavy atom. The van der Waals surface area contributed by atoms with Crippen LogP contribution in [-0.4, -0.2) is 0 Å². The van der Waals surface area contributed by atoms with Gasteiger partial charge >= 0.3 is 0 Å². The lowest BCUT2D eigenvalue weighted by atomic mass is 9.84. The summed E-state index contributed by atoms with van der Waals surface area (Å²) in [6.45, 7) is 23.8. The second kappa shape index (κ2) is 22.6. The van der Waals surface area contributed by atoms with Crippen LogP contribution < -0.4 is 0 Å². The molecule has 2 aliphatic rings. The van der Waals surface area contributed by atoms with Crippen LogP contribution in [0.25, 0.3) is 185 Å². The smallest absolute Gasteiger partial charge is 0.187 e. The van der Waals surface area contributed by atoms with Crippen molar-refractivity contribution in [3.63, 3.8) is 0 Å². The summed E-state index contributed by atoms with van der Waals surface area (Å²) < 4.78 is 0. The van der Waals surface area contributed by atoms with E-state index in [0.717, 1.165) is 197 Å². The number of nitriles is 6. The van der Waals surface area contributed by atoms with Crippen molar-refractivity contribution in [2.45, 2.75) is 27.7 Å². The molecule has 0 aromatic heterocycles.